The second kappa shape index (κ2) is 4.99. The van der Waals surface area contributed by atoms with Crippen LogP contribution in [0.15, 0.2) is 24.3 Å². The lowest BCUT2D eigenvalue weighted by atomic mass is 10.0. The van der Waals surface area contributed by atoms with Gasteiger partial charge >= 0.3 is 6.03 Å². The Morgan fingerprint density at radius 1 is 1.50 bits per heavy atom. The fraction of sp³-hybridized carbons (Fsp3) is 0.417. The van der Waals surface area contributed by atoms with Crippen LogP contribution in [-0.4, -0.2) is 31.3 Å². The molecular formula is C12H18N2O2. The predicted octanol–water partition coefficient (Wildman–Crippen LogP) is 1.60. The van der Waals surface area contributed by atoms with Gasteiger partial charge in [0.05, 0.1) is 0 Å². The zero-order valence-corrected chi connectivity index (χ0v) is 9.40. The van der Waals surface area contributed by atoms with Crippen LogP contribution in [0.1, 0.15) is 12.6 Å². The van der Waals surface area contributed by atoms with Gasteiger partial charge in [0.15, 0.2) is 0 Å². The summed E-state index contributed by atoms with van der Waals surface area (Å²) in [5, 5.41) is 2.70. The van der Waals surface area contributed by atoms with Gasteiger partial charge in [-0.25, -0.2) is 4.79 Å². The van der Waals surface area contributed by atoms with Gasteiger partial charge in [0.1, 0.15) is 6.73 Å². The molecule has 4 nitrogen and oxygen atoms in total. The topological polar surface area (TPSA) is 41.6 Å². The molecule has 88 valence electrons. The van der Waals surface area contributed by atoms with E-state index in [1.165, 1.54) is 11.1 Å². The van der Waals surface area contributed by atoms with E-state index in [1.54, 1.807) is 12.0 Å². The number of rotatable bonds is 2. The average molecular weight is 222 g/mol. The molecular weight excluding hydrogens is 204 g/mol. The molecule has 16 heavy (non-hydrogen) atoms. The van der Waals surface area contributed by atoms with E-state index in [2.05, 4.69) is 17.4 Å². The molecule has 0 atom stereocenters. The maximum Gasteiger partial charge on any atom is 0.319 e. The van der Waals surface area contributed by atoms with Crippen molar-refractivity contribution >= 4 is 6.03 Å². The first-order chi connectivity index (χ1) is 7.81. The minimum atomic E-state index is -0.0589. The van der Waals surface area contributed by atoms with Crippen LogP contribution in [0.25, 0.3) is 0 Å². The third-order valence-electron chi connectivity index (χ3n) is 2.79. The molecule has 2 amide bonds. The maximum atomic E-state index is 11.7. The number of hydrogen-bond acceptors (Lipinski definition) is 2. The molecule has 1 N–H and O–H groups in total. The normalized spacial score (nSPS) is 14.4. The Bertz CT molecular complexity index is 385. The van der Waals surface area contributed by atoms with E-state index < -0.39 is 0 Å². The number of carbonyl (C=O) groups is 1. The van der Waals surface area contributed by atoms with Crippen LogP contribution in [0.2, 0.25) is 0 Å². The molecule has 1 aliphatic heterocycles. The Labute approximate surface area is 96.7 Å². The van der Waals surface area contributed by atoms with Gasteiger partial charge in [0.2, 0.25) is 0 Å². The Morgan fingerprint density at radius 2 is 2.25 bits per heavy atom. The number of amides is 2. The van der Waals surface area contributed by atoms with Crippen LogP contribution in [0.3, 0.4) is 0 Å². The zero-order chi connectivity index (χ0) is 11.4. The summed E-state index contributed by atoms with van der Waals surface area (Å²) in [6.07, 6.45) is 0.927. The molecule has 0 bridgehead atoms. The predicted molar refractivity (Wildman–Crippen MR) is 63.1 cm³/mol. The lowest BCUT2D eigenvalue weighted by Gasteiger charge is -2.28. The Morgan fingerprint density at radius 3 is 3.00 bits per heavy atom. The molecule has 0 saturated carbocycles. The van der Waals surface area contributed by atoms with Crippen LogP contribution in [0.5, 0.6) is 0 Å². The van der Waals surface area contributed by atoms with Crippen LogP contribution < -0.4 is 5.32 Å². The first kappa shape index (κ1) is 11.0. The highest BCUT2D eigenvalue weighted by Crippen LogP contribution is 2.18. The minimum absolute atomic E-state index is 0. The molecule has 2 rings (SSSR count). The first-order valence-corrected chi connectivity index (χ1v) is 5.40. The monoisotopic (exact) mass is 222 g/mol. The lowest BCUT2D eigenvalue weighted by Crippen LogP contribution is -2.43. The third-order valence-corrected chi connectivity index (χ3v) is 2.79. The molecule has 0 fully saturated rings. The van der Waals surface area contributed by atoms with Gasteiger partial charge in [-0.15, -0.1) is 0 Å². The summed E-state index contributed by atoms with van der Waals surface area (Å²) in [6.45, 7) is 1.72. The lowest BCUT2D eigenvalue weighted by molar-refractivity contribution is 0.150. The minimum Gasteiger partial charge on any atom is -0.364 e. The standard InChI is InChI=1S/C12H16N2O2.H2/c1-16-9-13-12(15)14-7-6-10-4-2-3-5-11(10)8-14;/h2-5H,6-9H2,1H3,(H,13,15);1H. The summed E-state index contributed by atoms with van der Waals surface area (Å²) >= 11 is 0. The van der Waals surface area contributed by atoms with Crippen LogP contribution in [0, 0.1) is 0 Å². The quantitative estimate of drug-likeness (QED) is 0.772. The highest BCUT2D eigenvalue weighted by molar-refractivity contribution is 5.74. The number of benzene rings is 1. The van der Waals surface area contributed by atoms with Crippen molar-refractivity contribution in [3.8, 4) is 0 Å². The first-order valence-electron chi connectivity index (χ1n) is 5.40. The van der Waals surface area contributed by atoms with Gasteiger partial charge in [0.25, 0.3) is 0 Å². The Kier molecular flexibility index (Phi) is 3.41. The maximum absolute atomic E-state index is 11.7. The van der Waals surface area contributed by atoms with Gasteiger partial charge in [0, 0.05) is 21.6 Å². The van der Waals surface area contributed by atoms with Gasteiger partial charge in [-0.3, -0.25) is 0 Å². The van der Waals surface area contributed by atoms with E-state index in [0.29, 0.717) is 6.54 Å². The smallest absolute Gasteiger partial charge is 0.319 e. The second-order valence-corrected chi connectivity index (χ2v) is 3.86. The summed E-state index contributed by atoms with van der Waals surface area (Å²) in [5.41, 5.74) is 2.58. The number of urea groups is 1. The fourth-order valence-electron chi connectivity index (χ4n) is 1.91. The van der Waals surface area contributed by atoms with E-state index in [0.717, 1.165) is 13.0 Å². The van der Waals surface area contributed by atoms with Crippen molar-refractivity contribution in [2.45, 2.75) is 13.0 Å². The highest BCUT2D eigenvalue weighted by atomic mass is 16.5. The van der Waals surface area contributed by atoms with E-state index in [4.69, 9.17) is 4.74 Å². The number of nitrogens with zero attached hydrogens (tertiary/aromatic N) is 1. The number of methoxy groups -OCH3 is 1. The van der Waals surface area contributed by atoms with Gasteiger partial charge in [-0.1, -0.05) is 24.3 Å². The van der Waals surface area contributed by atoms with Crippen molar-refractivity contribution in [2.24, 2.45) is 0 Å². The molecule has 0 aliphatic carbocycles. The summed E-state index contributed by atoms with van der Waals surface area (Å²) in [7, 11) is 1.56. The van der Waals surface area contributed by atoms with Crippen molar-refractivity contribution < 1.29 is 11.0 Å². The highest BCUT2D eigenvalue weighted by Gasteiger charge is 2.19. The van der Waals surface area contributed by atoms with Crippen molar-refractivity contribution in [1.29, 1.82) is 0 Å². The number of carbonyl (C=O) groups excluding carboxylic acids is 1. The number of ether oxygens (including phenoxy) is 1. The molecule has 0 spiro atoms. The van der Waals surface area contributed by atoms with E-state index in [1.807, 2.05) is 12.1 Å². The second-order valence-electron chi connectivity index (χ2n) is 3.86. The Hall–Kier alpha value is -1.55. The zero-order valence-electron chi connectivity index (χ0n) is 9.40. The molecule has 1 aliphatic rings. The van der Waals surface area contributed by atoms with Crippen LogP contribution in [-0.2, 0) is 17.7 Å². The average Bonchev–Trinajstić information content (AvgIpc) is 2.35. The summed E-state index contributed by atoms with van der Waals surface area (Å²) in [4.78, 5) is 13.5. The van der Waals surface area contributed by atoms with Gasteiger partial charge in [-0.2, -0.15) is 0 Å². The number of hydrogen-bond donors (Lipinski definition) is 1. The van der Waals surface area contributed by atoms with Crippen molar-refractivity contribution in [2.75, 3.05) is 20.4 Å². The van der Waals surface area contributed by atoms with Gasteiger partial charge in [-0.05, 0) is 17.5 Å². The fourth-order valence-corrected chi connectivity index (χ4v) is 1.91. The van der Waals surface area contributed by atoms with Crippen molar-refractivity contribution in [3.63, 3.8) is 0 Å². The summed E-state index contributed by atoms with van der Waals surface area (Å²) < 4.78 is 4.81. The van der Waals surface area contributed by atoms with Crippen LogP contribution >= 0.6 is 0 Å². The van der Waals surface area contributed by atoms with E-state index in [-0.39, 0.29) is 14.2 Å². The Balaban J connectivity index is 0.00000144. The van der Waals surface area contributed by atoms with Gasteiger partial charge < -0.3 is 15.0 Å². The summed E-state index contributed by atoms with van der Waals surface area (Å²) in [6, 6.07) is 8.19. The SMILES string of the molecule is COCNC(=O)N1CCc2ccccc2C1.[HH]. The molecule has 1 heterocycles. The van der Waals surface area contributed by atoms with Crippen molar-refractivity contribution in [3.05, 3.63) is 35.4 Å². The molecule has 0 aromatic heterocycles. The summed E-state index contributed by atoms with van der Waals surface area (Å²) in [5.74, 6) is 0. The molecule has 0 saturated heterocycles. The molecule has 1 aromatic carbocycles. The third kappa shape index (κ3) is 2.33. The molecule has 1 aromatic rings. The largest absolute Gasteiger partial charge is 0.364 e. The molecule has 4 heteroatoms. The van der Waals surface area contributed by atoms with Crippen LogP contribution in [0.4, 0.5) is 4.79 Å². The van der Waals surface area contributed by atoms with Crippen molar-refractivity contribution in [1.82, 2.24) is 10.2 Å². The molecule has 0 unspecified atom stereocenters. The number of nitrogens with one attached hydrogen (secondary N) is 1. The number of fused-ring (bicyclic) bond motifs is 1. The van der Waals surface area contributed by atoms with E-state index >= 15 is 0 Å². The molecule has 0 radical (unpaired) electrons. The van der Waals surface area contributed by atoms with E-state index in [9.17, 15) is 4.79 Å².